The number of hydrogen-bond donors (Lipinski definition) is 2. The second kappa shape index (κ2) is 7.46. The number of aryl methyl sites for hydroxylation is 3. The van der Waals surface area contributed by atoms with Crippen molar-refractivity contribution < 1.29 is 4.79 Å². The van der Waals surface area contributed by atoms with Crippen LogP contribution in [0.3, 0.4) is 0 Å². The zero-order valence-corrected chi connectivity index (χ0v) is 17.3. The summed E-state index contributed by atoms with van der Waals surface area (Å²) in [6.07, 6.45) is 7.19. The third kappa shape index (κ3) is 3.34. The molecule has 3 unspecified atom stereocenters. The van der Waals surface area contributed by atoms with E-state index in [4.69, 9.17) is 0 Å². The highest BCUT2D eigenvalue weighted by Gasteiger charge is 2.39. The minimum atomic E-state index is 0.0912. The average Bonchev–Trinajstić information content (AvgIpc) is 3.11. The molecule has 2 aromatic carbocycles. The second-order valence-electron chi connectivity index (χ2n) is 8.39. The van der Waals surface area contributed by atoms with Crippen LogP contribution in [0.5, 0.6) is 0 Å². The van der Waals surface area contributed by atoms with E-state index in [0.29, 0.717) is 24.3 Å². The second-order valence-corrected chi connectivity index (χ2v) is 8.39. The van der Waals surface area contributed by atoms with Gasteiger partial charge in [0.15, 0.2) is 0 Å². The number of nitrogens with one attached hydrogen (secondary N) is 2. The minimum absolute atomic E-state index is 0.0912. The number of benzene rings is 2. The molecule has 146 valence electrons. The molecule has 2 N–H and O–H groups in total. The molecule has 0 saturated carbocycles. The number of carbonyl (C=O) groups excluding carboxylic acids is 1. The van der Waals surface area contributed by atoms with Crippen LogP contribution < -0.4 is 10.6 Å². The first-order valence-corrected chi connectivity index (χ1v) is 10.4. The molecule has 1 aliphatic heterocycles. The number of rotatable bonds is 4. The summed E-state index contributed by atoms with van der Waals surface area (Å²) in [7, 11) is 0. The van der Waals surface area contributed by atoms with E-state index in [1.807, 2.05) is 13.0 Å². The van der Waals surface area contributed by atoms with Gasteiger partial charge in [-0.15, -0.1) is 0 Å². The van der Waals surface area contributed by atoms with E-state index in [1.165, 1.54) is 33.5 Å². The van der Waals surface area contributed by atoms with Crippen LogP contribution in [0.15, 0.2) is 42.5 Å². The first-order chi connectivity index (χ1) is 13.5. The molecule has 4 rings (SSSR count). The molecule has 3 atom stereocenters. The van der Waals surface area contributed by atoms with Gasteiger partial charge in [0, 0.05) is 23.7 Å². The van der Waals surface area contributed by atoms with Crippen molar-refractivity contribution in [2.75, 3.05) is 10.6 Å². The van der Waals surface area contributed by atoms with Crippen molar-refractivity contribution in [3.05, 3.63) is 70.3 Å². The number of fused-ring (bicyclic) bond motifs is 3. The summed E-state index contributed by atoms with van der Waals surface area (Å²) < 4.78 is 0. The first kappa shape index (κ1) is 18.8. The van der Waals surface area contributed by atoms with Crippen LogP contribution in [0.25, 0.3) is 0 Å². The molecule has 0 saturated heterocycles. The fraction of sp³-hybridized carbons (Fsp3) is 0.400. The number of carbonyl (C=O) groups is 1. The maximum absolute atomic E-state index is 12.0. The number of hydrogen-bond acceptors (Lipinski definition) is 2. The summed E-state index contributed by atoms with van der Waals surface area (Å²) in [6, 6.07) is 11.2. The quantitative estimate of drug-likeness (QED) is 0.628. The summed E-state index contributed by atoms with van der Waals surface area (Å²) in [5, 5.41) is 6.89. The van der Waals surface area contributed by atoms with Crippen molar-refractivity contribution in [1.82, 2.24) is 0 Å². The van der Waals surface area contributed by atoms with E-state index >= 15 is 0 Å². The predicted molar refractivity (Wildman–Crippen MR) is 117 cm³/mol. The van der Waals surface area contributed by atoms with Crippen LogP contribution in [-0.4, -0.2) is 5.91 Å². The Hall–Kier alpha value is -2.55. The van der Waals surface area contributed by atoms with Crippen molar-refractivity contribution in [2.24, 2.45) is 5.92 Å². The maximum atomic E-state index is 12.0. The Kier molecular flexibility index (Phi) is 5.01. The Labute approximate surface area is 168 Å². The van der Waals surface area contributed by atoms with Gasteiger partial charge in [0.1, 0.15) is 0 Å². The average molecular weight is 375 g/mol. The highest BCUT2D eigenvalue weighted by atomic mass is 16.1. The number of amides is 1. The smallest absolute Gasteiger partial charge is 0.224 e. The Balaban J connectivity index is 1.70. The number of allylic oxidation sites excluding steroid dienone is 2. The number of anilines is 2. The lowest BCUT2D eigenvalue weighted by molar-refractivity contribution is -0.116. The first-order valence-electron chi connectivity index (χ1n) is 10.4. The Morgan fingerprint density at radius 3 is 2.61 bits per heavy atom. The predicted octanol–water partition coefficient (Wildman–Crippen LogP) is 6.18. The zero-order valence-electron chi connectivity index (χ0n) is 17.3. The molecule has 3 heteroatoms. The summed E-state index contributed by atoms with van der Waals surface area (Å²) in [5.74, 6) is 0.993. The third-order valence-corrected chi connectivity index (χ3v) is 6.17. The molecule has 1 aliphatic carbocycles. The lowest BCUT2D eigenvalue weighted by Gasteiger charge is -2.39. The lowest BCUT2D eigenvalue weighted by Crippen LogP contribution is -2.30. The zero-order chi connectivity index (χ0) is 19.8. The van der Waals surface area contributed by atoms with Gasteiger partial charge in [-0.1, -0.05) is 36.8 Å². The Bertz CT molecular complexity index is 921. The molecule has 2 aromatic rings. The van der Waals surface area contributed by atoms with Gasteiger partial charge in [-0.05, 0) is 80.0 Å². The molecule has 2 aliphatic rings. The highest BCUT2D eigenvalue weighted by molar-refractivity contribution is 5.91. The largest absolute Gasteiger partial charge is 0.378 e. The van der Waals surface area contributed by atoms with Crippen LogP contribution in [0, 0.1) is 26.7 Å². The van der Waals surface area contributed by atoms with Crippen molar-refractivity contribution in [3.63, 3.8) is 0 Å². The van der Waals surface area contributed by atoms with Crippen molar-refractivity contribution in [2.45, 2.75) is 58.9 Å². The fourth-order valence-corrected chi connectivity index (χ4v) is 5.09. The van der Waals surface area contributed by atoms with Crippen LogP contribution in [0.4, 0.5) is 11.4 Å². The third-order valence-electron chi connectivity index (χ3n) is 6.17. The highest BCUT2D eigenvalue weighted by Crippen LogP contribution is 2.51. The van der Waals surface area contributed by atoms with E-state index in [0.717, 1.165) is 18.5 Å². The van der Waals surface area contributed by atoms with E-state index in [1.54, 1.807) is 0 Å². The molecule has 3 nitrogen and oxygen atoms in total. The van der Waals surface area contributed by atoms with Crippen LogP contribution in [-0.2, 0) is 4.79 Å². The topological polar surface area (TPSA) is 41.1 Å². The van der Waals surface area contributed by atoms with Crippen LogP contribution in [0.2, 0.25) is 0 Å². The van der Waals surface area contributed by atoms with Gasteiger partial charge in [0.25, 0.3) is 0 Å². The maximum Gasteiger partial charge on any atom is 0.224 e. The molecular formula is C25H30N2O. The van der Waals surface area contributed by atoms with Gasteiger partial charge >= 0.3 is 0 Å². The van der Waals surface area contributed by atoms with Gasteiger partial charge in [-0.3, -0.25) is 4.79 Å². The molecule has 1 heterocycles. The SMILES string of the molecule is CCCC(=O)Nc1ccc2c(c1)C1C=CCC1C(c1c(C)cc(C)cc1C)N2. The van der Waals surface area contributed by atoms with E-state index < -0.39 is 0 Å². The molecule has 0 spiro atoms. The molecule has 0 radical (unpaired) electrons. The van der Waals surface area contributed by atoms with Crippen LogP contribution in [0.1, 0.15) is 66.0 Å². The standard InChI is InChI=1S/C25H30N2O/c1-5-7-23(28)26-18-10-11-22-21(14-18)19-8-6-9-20(19)25(27-22)24-16(3)12-15(2)13-17(24)4/h6,8,10-14,19-20,25,27H,5,7,9H2,1-4H3,(H,26,28). The van der Waals surface area contributed by atoms with Crippen molar-refractivity contribution in [3.8, 4) is 0 Å². The summed E-state index contributed by atoms with van der Waals surface area (Å²) in [6.45, 7) is 8.66. The van der Waals surface area contributed by atoms with Crippen molar-refractivity contribution in [1.29, 1.82) is 0 Å². The summed E-state index contributed by atoms with van der Waals surface area (Å²) in [5.41, 5.74) is 8.88. The van der Waals surface area contributed by atoms with Gasteiger partial charge in [0.05, 0.1) is 6.04 Å². The summed E-state index contributed by atoms with van der Waals surface area (Å²) >= 11 is 0. The van der Waals surface area contributed by atoms with E-state index in [2.05, 4.69) is 67.8 Å². The summed E-state index contributed by atoms with van der Waals surface area (Å²) in [4.78, 5) is 12.0. The lowest BCUT2D eigenvalue weighted by atomic mass is 9.75. The Morgan fingerprint density at radius 1 is 1.14 bits per heavy atom. The normalized spacial score (nSPS) is 22.4. The molecular weight excluding hydrogens is 344 g/mol. The molecule has 0 bridgehead atoms. The molecule has 1 amide bonds. The van der Waals surface area contributed by atoms with E-state index in [9.17, 15) is 4.79 Å². The molecule has 0 aromatic heterocycles. The Morgan fingerprint density at radius 2 is 1.89 bits per heavy atom. The molecule has 28 heavy (non-hydrogen) atoms. The molecule has 0 fully saturated rings. The van der Waals surface area contributed by atoms with Gasteiger partial charge in [0.2, 0.25) is 5.91 Å². The monoisotopic (exact) mass is 374 g/mol. The van der Waals surface area contributed by atoms with Gasteiger partial charge in [-0.25, -0.2) is 0 Å². The van der Waals surface area contributed by atoms with Crippen LogP contribution >= 0.6 is 0 Å². The van der Waals surface area contributed by atoms with E-state index in [-0.39, 0.29) is 5.91 Å². The van der Waals surface area contributed by atoms with Gasteiger partial charge in [-0.2, -0.15) is 0 Å². The van der Waals surface area contributed by atoms with Crippen molar-refractivity contribution >= 4 is 17.3 Å². The fourth-order valence-electron chi connectivity index (χ4n) is 5.09. The van der Waals surface area contributed by atoms with Gasteiger partial charge < -0.3 is 10.6 Å². The minimum Gasteiger partial charge on any atom is -0.378 e.